The van der Waals surface area contributed by atoms with Gasteiger partial charge in [0.1, 0.15) is 0 Å². The van der Waals surface area contributed by atoms with E-state index < -0.39 is 5.60 Å². The molecule has 0 amide bonds. The maximum absolute atomic E-state index is 10.2. The number of hydrogen-bond acceptors (Lipinski definition) is 6. The van der Waals surface area contributed by atoms with Crippen molar-refractivity contribution in [3.8, 4) is 0 Å². The van der Waals surface area contributed by atoms with E-state index in [1.807, 2.05) is 23.7 Å². The number of aromatic nitrogens is 4. The second kappa shape index (κ2) is 6.70. The average Bonchev–Trinajstić information content (AvgIpc) is 3.00. The van der Waals surface area contributed by atoms with Crippen LogP contribution in [0.2, 0.25) is 10.2 Å². The molecule has 31 heavy (non-hydrogen) atoms. The minimum atomic E-state index is -0.609. The fraction of sp³-hybridized carbons (Fsp3) is 0.500. The molecule has 9 heteroatoms. The lowest BCUT2D eigenvalue weighted by Gasteiger charge is -2.61. The summed E-state index contributed by atoms with van der Waals surface area (Å²) < 4.78 is 1.96. The second-order valence-corrected chi connectivity index (χ2v) is 10.4. The second-order valence-electron chi connectivity index (χ2n) is 9.63. The van der Waals surface area contributed by atoms with Crippen molar-refractivity contribution in [2.75, 3.05) is 23.3 Å². The Morgan fingerprint density at radius 2 is 1.87 bits per heavy atom. The van der Waals surface area contributed by atoms with Gasteiger partial charge in [0.15, 0.2) is 5.15 Å². The summed E-state index contributed by atoms with van der Waals surface area (Å²) in [5.41, 5.74) is 1.98. The fourth-order valence-electron chi connectivity index (χ4n) is 5.13. The topological polar surface area (TPSA) is 79.1 Å². The summed E-state index contributed by atoms with van der Waals surface area (Å²) >= 11 is 13.2. The van der Waals surface area contributed by atoms with Crippen LogP contribution in [-0.4, -0.2) is 43.5 Å². The first-order valence-corrected chi connectivity index (χ1v) is 11.5. The van der Waals surface area contributed by atoms with Crippen molar-refractivity contribution < 1.29 is 5.11 Å². The fourth-order valence-corrected chi connectivity index (χ4v) is 5.74. The van der Waals surface area contributed by atoms with E-state index in [9.17, 15) is 5.11 Å². The molecular weight excluding hydrogens is 435 g/mol. The van der Waals surface area contributed by atoms with Crippen molar-refractivity contribution in [1.29, 1.82) is 0 Å². The summed E-state index contributed by atoms with van der Waals surface area (Å²) in [7, 11) is 0. The van der Waals surface area contributed by atoms with Gasteiger partial charge in [0.2, 0.25) is 5.95 Å². The van der Waals surface area contributed by atoms with Gasteiger partial charge >= 0.3 is 0 Å². The number of nitrogens with zero attached hydrogens (tertiary/aromatic N) is 5. The van der Waals surface area contributed by atoms with Gasteiger partial charge in [0.25, 0.3) is 0 Å². The van der Waals surface area contributed by atoms with Crippen LogP contribution in [0.15, 0.2) is 24.5 Å². The molecule has 1 saturated heterocycles. The van der Waals surface area contributed by atoms with Crippen LogP contribution < -0.4 is 10.2 Å². The predicted octanol–water partition coefficient (Wildman–Crippen LogP) is 4.74. The molecule has 3 heterocycles. The molecule has 3 aliphatic carbocycles. The number of hydrogen-bond donors (Lipinski definition) is 2. The van der Waals surface area contributed by atoms with E-state index in [4.69, 9.17) is 28.2 Å². The summed E-state index contributed by atoms with van der Waals surface area (Å²) in [4.78, 5) is 11.3. The SMILES string of the molecule is CC1(O)CCN(c2cc3nc(Nc4cnn(C56CC(C5)C6)c4Cl)ncc3cc2Cl)CC1. The Labute approximate surface area is 190 Å². The Balaban J connectivity index is 1.27. The lowest BCUT2D eigenvalue weighted by atomic mass is 9.50. The van der Waals surface area contributed by atoms with Gasteiger partial charge in [-0.3, -0.25) is 0 Å². The summed E-state index contributed by atoms with van der Waals surface area (Å²) in [6.07, 6.45) is 8.47. The normalized spacial score (nSPS) is 26.5. The molecule has 4 aliphatic rings. The molecule has 1 aliphatic heterocycles. The maximum atomic E-state index is 10.2. The highest BCUT2D eigenvalue weighted by Gasteiger charge is 2.59. The molecule has 162 valence electrons. The van der Waals surface area contributed by atoms with Crippen molar-refractivity contribution in [2.24, 2.45) is 5.92 Å². The zero-order chi connectivity index (χ0) is 21.4. The van der Waals surface area contributed by atoms with E-state index in [0.717, 1.165) is 41.3 Å². The molecule has 7 rings (SSSR count). The van der Waals surface area contributed by atoms with Gasteiger partial charge in [-0.25, -0.2) is 14.6 Å². The van der Waals surface area contributed by atoms with Gasteiger partial charge in [-0.15, -0.1) is 0 Å². The Bertz CT molecular complexity index is 1170. The van der Waals surface area contributed by atoms with Crippen molar-refractivity contribution in [3.05, 3.63) is 34.7 Å². The van der Waals surface area contributed by atoms with Crippen molar-refractivity contribution in [1.82, 2.24) is 19.7 Å². The van der Waals surface area contributed by atoms with Crippen LogP contribution in [0.4, 0.5) is 17.3 Å². The summed E-state index contributed by atoms with van der Waals surface area (Å²) in [6, 6.07) is 3.90. The van der Waals surface area contributed by atoms with Crippen LogP contribution in [0, 0.1) is 5.92 Å². The predicted molar refractivity (Wildman–Crippen MR) is 122 cm³/mol. The van der Waals surface area contributed by atoms with Gasteiger partial charge in [0.05, 0.1) is 39.3 Å². The molecule has 7 nitrogen and oxygen atoms in total. The number of fused-ring (bicyclic) bond motifs is 1. The molecule has 0 unspecified atom stereocenters. The molecule has 2 aromatic heterocycles. The van der Waals surface area contributed by atoms with Crippen molar-refractivity contribution in [3.63, 3.8) is 0 Å². The number of aliphatic hydroxyl groups is 1. The van der Waals surface area contributed by atoms with Gasteiger partial charge in [-0.05, 0) is 57.1 Å². The van der Waals surface area contributed by atoms with Crippen LogP contribution >= 0.6 is 23.2 Å². The van der Waals surface area contributed by atoms with E-state index in [1.165, 1.54) is 19.3 Å². The zero-order valence-electron chi connectivity index (χ0n) is 17.3. The Hall–Kier alpha value is -2.09. The first-order valence-electron chi connectivity index (χ1n) is 10.8. The maximum Gasteiger partial charge on any atom is 0.227 e. The molecule has 3 aromatic rings. The highest BCUT2D eigenvalue weighted by atomic mass is 35.5. The van der Waals surface area contributed by atoms with Gasteiger partial charge in [-0.1, -0.05) is 23.2 Å². The third kappa shape index (κ3) is 3.17. The Kier molecular flexibility index (Phi) is 4.23. The minimum Gasteiger partial charge on any atom is -0.390 e. The van der Waals surface area contributed by atoms with Gasteiger partial charge in [-0.2, -0.15) is 5.10 Å². The number of halogens is 2. The first kappa shape index (κ1) is 19.6. The van der Waals surface area contributed by atoms with Crippen LogP contribution in [0.1, 0.15) is 39.0 Å². The summed E-state index contributed by atoms with van der Waals surface area (Å²) in [5.74, 6) is 1.33. The number of benzene rings is 1. The number of anilines is 3. The van der Waals surface area contributed by atoms with Crippen LogP contribution in [-0.2, 0) is 5.54 Å². The van der Waals surface area contributed by atoms with Gasteiger partial charge < -0.3 is 15.3 Å². The van der Waals surface area contributed by atoms with Gasteiger partial charge in [0, 0.05) is 24.7 Å². The van der Waals surface area contributed by atoms with E-state index in [2.05, 4.69) is 20.3 Å². The number of nitrogens with one attached hydrogen (secondary N) is 1. The average molecular weight is 459 g/mol. The van der Waals surface area contributed by atoms with Crippen LogP contribution in [0.3, 0.4) is 0 Å². The number of rotatable bonds is 4. The van der Waals surface area contributed by atoms with Crippen molar-refractivity contribution in [2.45, 2.75) is 50.2 Å². The molecule has 2 N–H and O–H groups in total. The molecular formula is C22H24Cl2N6O. The largest absolute Gasteiger partial charge is 0.390 e. The molecule has 0 radical (unpaired) electrons. The lowest BCUT2D eigenvalue weighted by molar-refractivity contribution is -0.0975. The quantitative estimate of drug-likeness (QED) is 0.587. The van der Waals surface area contributed by atoms with Crippen molar-refractivity contribution >= 4 is 51.4 Å². The van der Waals surface area contributed by atoms with Crippen LogP contribution in [0.5, 0.6) is 0 Å². The van der Waals surface area contributed by atoms with E-state index in [1.54, 1.807) is 12.4 Å². The summed E-state index contributed by atoms with van der Waals surface area (Å²) in [5, 5.41) is 20.2. The standard InChI is InChI=1S/C22H24Cl2N6O/c1-21(31)2-4-29(5-3-21)18-7-16-14(6-15(18)23)11-25-20(27-16)28-17-12-26-30(19(17)24)22-8-13(9-22)10-22/h6-7,11-13,31H,2-5,8-10H2,1H3,(H,25,27,28). The zero-order valence-corrected chi connectivity index (χ0v) is 18.8. The van der Waals surface area contributed by atoms with E-state index >= 15 is 0 Å². The van der Waals surface area contributed by atoms with Crippen LogP contribution in [0.25, 0.3) is 10.9 Å². The van der Waals surface area contributed by atoms with E-state index in [-0.39, 0.29) is 5.54 Å². The molecule has 1 aromatic carbocycles. The monoisotopic (exact) mass is 458 g/mol. The first-order chi connectivity index (χ1) is 14.8. The molecule has 3 saturated carbocycles. The lowest BCUT2D eigenvalue weighted by Crippen LogP contribution is -2.59. The highest BCUT2D eigenvalue weighted by Crippen LogP contribution is 2.63. The third-order valence-corrected chi connectivity index (χ3v) is 7.91. The molecule has 2 bridgehead atoms. The highest BCUT2D eigenvalue weighted by molar-refractivity contribution is 6.34. The molecule has 0 atom stereocenters. The van der Waals surface area contributed by atoms with E-state index in [0.29, 0.717) is 29.0 Å². The number of piperidine rings is 1. The minimum absolute atomic E-state index is 0.136. The molecule has 4 fully saturated rings. The summed E-state index contributed by atoms with van der Waals surface area (Å²) in [6.45, 7) is 3.40. The Morgan fingerprint density at radius 3 is 2.55 bits per heavy atom. The molecule has 0 spiro atoms. The third-order valence-electron chi connectivity index (χ3n) is 7.24. The Morgan fingerprint density at radius 1 is 1.13 bits per heavy atom. The smallest absolute Gasteiger partial charge is 0.227 e.